The fourth-order valence-electron chi connectivity index (χ4n) is 2.44. The fourth-order valence-corrected chi connectivity index (χ4v) is 2.44. The zero-order valence-corrected chi connectivity index (χ0v) is 14.8. The van der Waals surface area contributed by atoms with Gasteiger partial charge in [-0.25, -0.2) is 0 Å². The molecule has 2 rings (SSSR count). The summed E-state index contributed by atoms with van der Waals surface area (Å²) in [5.74, 6) is 1.04. The van der Waals surface area contributed by atoms with Crippen LogP contribution in [0.25, 0.3) is 6.08 Å². The van der Waals surface area contributed by atoms with E-state index in [4.69, 9.17) is 20.9 Å². The maximum Gasteiger partial charge on any atom is 0.144 e. The van der Waals surface area contributed by atoms with Gasteiger partial charge in [0.15, 0.2) is 0 Å². The lowest BCUT2D eigenvalue weighted by atomic mass is 10.0. The number of carbonyl (C=O) groups is 1. The van der Waals surface area contributed by atoms with Gasteiger partial charge in [-0.05, 0) is 35.2 Å². The minimum atomic E-state index is 0.138. The first-order chi connectivity index (χ1) is 13.1. The molecule has 0 aliphatic rings. The fraction of sp³-hybridized carbons (Fsp3) is 0.136. The van der Waals surface area contributed by atoms with Crippen LogP contribution in [0.1, 0.15) is 23.1 Å². The number of carbonyl (C=O) groups excluding carboxylic acids is 1. The Bertz CT molecular complexity index is 886. The molecule has 0 spiro atoms. The van der Waals surface area contributed by atoms with Crippen LogP contribution in [-0.4, -0.2) is 5.78 Å². The summed E-state index contributed by atoms with van der Waals surface area (Å²) in [5, 5.41) is 0. The number of hydrogen-bond donors (Lipinski definition) is 2. The minimum absolute atomic E-state index is 0.138. The van der Waals surface area contributed by atoms with Gasteiger partial charge in [-0.15, -0.1) is 0 Å². The number of rotatable bonds is 8. The van der Waals surface area contributed by atoms with Gasteiger partial charge in [0.25, 0.3) is 0 Å². The van der Waals surface area contributed by atoms with Crippen LogP contribution in [0.3, 0.4) is 0 Å². The summed E-state index contributed by atoms with van der Waals surface area (Å²) in [7, 11) is 0. The van der Waals surface area contributed by atoms with Crippen molar-refractivity contribution in [2.75, 3.05) is 0 Å². The Balaban J connectivity index is 2.02. The second kappa shape index (κ2) is 10.2. The molecule has 0 aromatic heterocycles. The van der Waals surface area contributed by atoms with Crippen molar-refractivity contribution < 1.29 is 14.3 Å². The third-order valence-corrected chi connectivity index (χ3v) is 3.70. The van der Waals surface area contributed by atoms with E-state index < -0.39 is 0 Å². The number of ether oxygens (including phenoxy) is 2. The minimum Gasteiger partial charge on any atom is -0.406 e. The number of Topliss-reactive ketones (excluding diaryl/α,β-unsaturated/α-hetero) is 1. The zero-order valence-electron chi connectivity index (χ0n) is 14.8. The molecule has 0 saturated heterocycles. The highest BCUT2D eigenvalue weighted by Crippen LogP contribution is 2.24. The monoisotopic (exact) mass is 360 g/mol. The van der Waals surface area contributed by atoms with Crippen molar-refractivity contribution in [2.24, 2.45) is 11.5 Å². The molecule has 0 aliphatic heterocycles. The molecule has 136 valence electrons. The first kappa shape index (κ1) is 19.5. The van der Waals surface area contributed by atoms with Crippen LogP contribution >= 0.6 is 0 Å². The van der Waals surface area contributed by atoms with E-state index in [1.165, 1.54) is 0 Å². The molecule has 5 nitrogen and oxygen atoms in total. The van der Waals surface area contributed by atoms with Gasteiger partial charge in [0.1, 0.15) is 29.5 Å². The van der Waals surface area contributed by atoms with Crippen LogP contribution in [-0.2, 0) is 17.6 Å². The molecule has 0 bridgehead atoms. The van der Waals surface area contributed by atoms with Gasteiger partial charge >= 0.3 is 0 Å². The maximum absolute atomic E-state index is 12.3. The van der Waals surface area contributed by atoms with Crippen molar-refractivity contribution >= 4 is 11.9 Å². The smallest absolute Gasteiger partial charge is 0.144 e. The molecule has 0 amide bonds. The van der Waals surface area contributed by atoms with E-state index in [1.54, 1.807) is 24.3 Å². The van der Waals surface area contributed by atoms with Gasteiger partial charge < -0.3 is 20.9 Å². The van der Waals surface area contributed by atoms with Crippen molar-refractivity contribution in [1.82, 2.24) is 0 Å². The third-order valence-electron chi connectivity index (χ3n) is 3.70. The quantitative estimate of drug-likeness (QED) is 0.558. The third kappa shape index (κ3) is 6.53. The number of hydrogen-bond acceptors (Lipinski definition) is 5. The standard InChI is InChI=1S/C22H20N2O3/c1-2-17-3-5-18(6-4-17)13-20(25)8-7-19-14-21(26-11-9-23)16-22(15-19)27-12-10-24/h2-6,14-16H,1,7-8,13,23-24H2. The second-order valence-electron chi connectivity index (χ2n) is 5.67. The summed E-state index contributed by atoms with van der Waals surface area (Å²) < 4.78 is 10.4. The molecular weight excluding hydrogens is 340 g/mol. The predicted molar refractivity (Wildman–Crippen MR) is 105 cm³/mol. The summed E-state index contributed by atoms with van der Waals surface area (Å²) in [6.45, 7) is 3.72. The Labute approximate surface area is 159 Å². The van der Waals surface area contributed by atoms with Gasteiger partial charge in [0, 0.05) is 31.0 Å². The summed E-state index contributed by atoms with van der Waals surface area (Å²) in [4.78, 5) is 12.3. The maximum atomic E-state index is 12.3. The lowest BCUT2D eigenvalue weighted by Gasteiger charge is -2.07. The van der Waals surface area contributed by atoms with Crippen molar-refractivity contribution in [3.05, 3.63) is 65.7 Å². The summed E-state index contributed by atoms with van der Waals surface area (Å²) in [6.07, 6.45) is 7.71. The highest BCUT2D eigenvalue weighted by Gasteiger charge is 2.08. The van der Waals surface area contributed by atoms with E-state index in [9.17, 15) is 4.79 Å². The van der Waals surface area contributed by atoms with Crippen molar-refractivity contribution in [3.63, 3.8) is 0 Å². The van der Waals surface area contributed by atoms with Crippen LogP contribution in [0.5, 0.6) is 11.5 Å². The highest BCUT2D eigenvalue weighted by atomic mass is 16.5. The lowest BCUT2D eigenvalue weighted by molar-refractivity contribution is -0.118. The topological polar surface area (TPSA) is 87.6 Å². The first-order valence-corrected chi connectivity index (χ1v) is 8.26. The molecule has 2 aromatic rings. The molecule has 0 radical (unpaired) electrons. The summed E-state index contributed by atoms with van der Waals surface area (Å²) >= 11 is 0. The molecule has 0 saturated carbocycles. The molecule has 5 heteroatoms. The molecule has 4 N–H and O–H groups in total. The number of aryl methyl sites for hydroxylation is 1. The Kier molecular flexibility index (Phi) is 7.38. The normalized spacial score (nSPS) is 9.19. The average molecular weight is 360 g/mol. The van der Waals surface area contributed by atoms with Gasteiger partial charge in [-0.3, -0.25) is 4.79 Å². The van der Waals surface area contributed by atoms with E-state index in [0.29, 0.717) is 30.8 Å². The summed E-state index contributed by atoms with van der Waals surface area (Å²) in [5.41, 5.74) is 13.1. The Hall–Kier alpha value is -3.83. The lowest BCUT2D eigenvalue weighted by Crippen LogP contribution is -2.04. The molecular formula is C22H20N2O3. The Morgan fingerprint density at radius 2 is 1.56 bits per heavy atom. The van der Waals surface area contributed by atoms with E-state index in [1.807, 2.05) is 24.3 Å². The Morgan fingerprint density at radius 1 is 0.963 bits per heavy atom. The molecule has 0 heterocycles. The Morgan fingerprint density at radius 3 is 2.07 bits per heavy atom. The molecule has 27 heavy (non-hydrogen) atoms. The molecule has 0 fully saturated rings. The van der Waals surface area contributed by atoms with E-state index in [0.717, 1.165) is 16.7 Å². The van der Waals surface area contributed by atoms with Crippen molar-refractivity contribution in [1.29, 1.82) is 0 Å². The largest absolute Gasteiger partial charge is 0.406 e. The van der Waals surface area contributed by atoms with E-state index >= 15 is 0 Å². The van der Waals surface area contributed by atoms with Gasteiger partial charge in [0.05, 0.1) is 0 Å². The molecule has 0 unspecified atom stereocenters. The zero-order chi connectivity index (χ0) is 19.5. The van der Waals surface area contributed by atoms with Crippen LogP contribution < -0.4 is 20.9 Å². The van der Waals surface area contributed by atoms with Gasteiger partial charge in [-0.1, -0.05) is 36.9 Å². The summed E-state index contributed by atoms with van der Waals surface area (Å²) in [6, 6.07) is 17.2. The van der Waals surface area contributed by atoms with Crippen LogP contribution in [0.15, 0.2) is 49.0 Å². The first-order valence-electron chi connectivity index (χ1n) is 8.26. The number of ketones is 1. The van der Waals surface area contributed by atoms with Crippen molar-refractivity contribution in [3.8, 4) is 35.8 Å². The SMILES string of the molecule is C=Cc1ccc(CC(=O)CCc2cc(OC#CN)cc(OC#CN)c2)cc1. The van der Waals surface area contributed by atoms with E-state index in [-0.39, 0.29) is 5.78 Å². The van der Waals surface area contributed by atoms with Gasteiger partial charge in [0.2, 0.25) is 0 Å². The number of nitrogens with two attached hydrogens (primary N) is 2. The van der Waals surface area contributed by atoms with Gasteiger partial charge in [-0.2, -0.15) is 0 Å². The molecule has 2 aromatic carbocycles. The number of benzene rings is 2. The highest BCUT2D eigenvalue weighted by molar-refractivity contribution is 5.81. The van der Waals surface area contributed by atoms with Crippen LogP contribution in [0, 0.1) is 24.3 Å². The predicted octanol–water partition coefficient (Wildman–Crippen LogP) is 2.59. The van der Waals surface area contributed by atoms with E-state index in [2.05, 4.69) is 30.9 Å². The molecule has 0 atom stereocenters. The average Bonchev–Trinajstić information content (AvgIpc) is 2.69. The molecule has 0 aliphatic carbocycles. The second-order valence-corrected chi connectivity index (χ2v) is 5.67. The van der Waals surface area contributed by atoms with Crippen molar-refractivity contribution in [2.45, 2.75) is 19.3 Å². The van der Waals surface area contributed by atoms with Crippen LogP contribution in [0.4, 0.5) is 0 Å². The van der Waals surface area contributed by atoms with Crippen LogP contribution in [0.2, 0.25) is 0 Å².